The average Bonchev–Trinajstić information content (AvgIpc) is 2.30. The lowest BCUT2D eigenvalue weighted by Crippen LogP contribution is -2.44. The molecule has 0 bridgehead atoms. The van der Waals surface area contributed by atoms with Crippen LogP contribution in [-0.2, 0) is 16.0 Å². The minimum atomic E-state index is -1.01. The van der Waals surface area contributed by atoms with E-state index in [9.17, 15) is 9.59 Å². The largest absolute Gasteiger partial charge is 0.480 e. The van der Waals surface area contributed by atoms with Crippen LogP contribution in [0.4, 0.5) is 0 Å². The molecule has 0 fully saturated rings. The number of aliphatic carboxylic acids is 1. The number of hydrogen-bond donors (Lipinski definition) is 2. The number of carboxylic acids is 1. The second-order valence-electron chi connectivity index (χ2n) is 4.38. The van der Waals surface area contributed by atoms with Crippen molar-refractivity contribution in [3.8, 4) is 0 Å². The SMILES string of the molecule is CC(C)C(=O)N[C@@H](Cc1ccc(I)cc1)C(=O)O. The molecule has 0 unspecified atom stereocenters. The number of carbonyl (C=O) groups is 2. The smallest absolute Gasteiger partial charge is 0.326 e. The summed E-state index contributed by atoms with van der Waals surface area (Å²) in [5.74, 6) is -1.47. The molecule has 0 radical (unpaired) electrons. The zero-order chi connectivity index (χ0) is 13.7. The van der Waals surface area contributed by atoms with Gasteiger partial charge in [0, 0.05) is 15.9 Å². The molecule has 0 aliphatic carbocycles. The molecule has 0 saturated heterocycles. The zero-order valence-corrected chi connectivity index (χ0v) is 12.5. The molecule has 4 nitrogen and oxygen atoms in total. The van der Waals surface area contributed by atoms with Crippen LogP contribution >= 0.6 is 22.6 Å². The molecule has 0 aromatic heterocycles. The molecule has 5 heteroatoms. The van der Waals surface area contributed by atoms with Crippen LogP contribution in [0.25, 0.3) is 0 Å². The van der Waals surface area contributed by atoms with Gasteiger partial charge >= 0.3 is 5.97 Å². The monoisotopic (exact) mass is 361 g/mol. The Morgan fingerprint density at radius 1 is 1.28 bits per heavy atom. The van der Waals surface area contributed by atoms with Crippen LogP contribution < -0.4 is 5.32 Å². The van der Waals surface area contributed by atoms with Crippen LogP contribution in [-0.4, -0.2) is 23.0 Å². The molecule has 2 N–H and O–H groups in total. The molecule has 0 saturated carbocycles. The van der Waals surface area contributed by atoms with Crippen molar-refractivity contribution in [2.75, 3.05) is 0 Å². The number of benzene rings is 1. The van der Waals surface area contributed by atoms with Gasteiger partial charge in [-0.25, -0.2) is 4.79 Å². The van der Waals surface area contributed by atoms with Crippen LogP contribution in [0.2, 0.25) is 0 Å². The number of amides is 1. The summed E-state index contributed by atoms with van der Waals surface area (Å²) in [7, 11) is 0. The number of nitrogens with one attached hydrogen (secondary N) is 1. The van der Waals surface area contributed by atoms with E-state index >= 15 is 0 Å². The highest BCUT2D eigenvalue weighted by Gasteiger charge is 2.21. The molecule has 98 valence electrons. The Morgan fingerprint density at radius 2 is 1.83 bits per heavy atom. The van der Waals surface area contributed by atoms with Gasteiger partial charge in [-0.05, 0) is 40.3 Å². The highest BCUT2D eigenvalue weighted by atomic mass is 127. The molecular formula is C13H16INO3. The van der Waals surface area contributed by atoms with E-state index in [1.807, 2.05) is 24.3 Å². The third-order valence-corrected chi connectivity index (χ3v) is 3.21. The molecule has 1 atom stereocenters. The molecule has 1 aromatic carbocycles. The van der Waals surface area contributed by atoms with Crippen molar-refractivity contribution in [3.05, 3.63) is 33.4 Å². The fourth-order valence-corrected chi connectivity index (χ4v) is 1.75. The maximum Gasteiger partial charge on any atom is 0.326 e. The normalized spacial score (nSPS) is 12.2. The molecule has 0 aliphatic heterocycles. The van der Waals surface area contributed by atoms with Crippen LogP contribution in [0.15, 0.2) is 24.3 Å². The van der Waals surface area contributed by atoms with Gasteiger partial charge in [0.05, 0.1) is 0 Å². The number of halogens is 1. The zero-order valence-electron chi connectivity index (χ0n) is 10.3. The van der Waals surface area contributed by atoms with E-state index in [0.29, 0.717) is 6.42 Å². The van der Waals surface area contributed by atoms with Crippen LogP contribution in [0, 0.1) is 9.49 Å². The Kier molecular flexibility index (Phi) is 5.58. The Morgan fingerprint density at radius 3 is 2.28 bits per heavy atom. The van der Waals surface area contributed by atoms with E-state index in [-0.39, 0.29) is 11.8 Å². The highest BCUT2D eigenvalue weighted by molar-refractivity contribution is 14.1. The van der Waals surface area contributed by atoms with Gasteiger partial charge in [-0.2, -0.15) is 0 Å². The molecule has 1 aromatic rings. The van der Waals surface area contributed by atoms with Crippen molar-refractivity contribution in [2.45, 2.75) is 26.3 Å². The molecule has 1 rings (SSSR count). The van der Waals surface area contributed by atoms with E-state index in [2.05, 4.69) is 27.9 Å². The quantitative estimate of drug-likeness (QED) is 0.789. The van der Waals surface area contributed by atoms with Gasteiger partial charge in [-0.1, -0.05) is 26.0 Å². The van der Waals surface area contributed by atoms with E-state index in [1.165, 1.54) is 0 Å². The molecule has 0 heterocycles. The molecule has 0 aliphatic rings. The molecule has 18 heavy (non-hydrogen) atoms. The summed E-state index contributed by atoms with van der Waals surface area (Å²) in [5.41, 5.74) is 0.895. The van der Waals surface area contributed by atoms with Crippen molar-refractivity contribution >= 4 is 34.5 Å². The standard InChI is InChI=1S/C13H16INO3/c1-8(2)12(16)15-11(13(17)18)7-9-3-5-10(14)6-4-9/h3-6,8,11H,7H2,1-2H3,(H,15,16)(H,17,18)/t11-/m0/s1. The second-order valence-corrected chi connectivity index (χ2v) is 5.63. The minimum Gasteiger partial charge on any atom is -0.480 e. The van der Waals surface area contributed by atoms with Gasteiger partial charge in [-0.3, -0.25) is 4.79 Å². The number of rotatable bonds is 5. The predicted octanol–water partition coefficient (Wildman–Crippen LogP) is 2.06. The molecule has 0 spiro atoms. The summed E-state index contributed by atoms with van der Waals surface area (Å²) < 4.78 is 1.09. The number of hydrogen-bond acceptors (Lipinski definition) is 2. The fraction of sp³-hybridized carbons (Fsp3) is 0.385. The van der Waals surface area contributed by atoms with Crippen molar-refractivity contribution in [1.82, 2.24) is 5.32 Å². The lowest BCUT2D eigenvalue weighted by molar-refractivity contribution is -0.142. The van der Waals surface area contributed by atoms with Gasteiger partial charge in [-0.15, -0.1) is 0 Å². The third kappa shape index (κ3) is 4.64. The third-order valence-electron chi connectivity index (χ3n) is 2.49. The van der Waals surface area contributed by atoms with Gasteiger partial charge in [0.15, 0.2) is 0 Å². The van der Waals surface area contributed by atoms with Crippen LogP contribution in [0.5, 0.6) is 0 Å². The summed E-state index contributed by atoms with van der Waals surface area (Å²) in [4.78, 5) is 22.6. The first-order chi connectivity index (χ1) is 8.40. The summed E-state index contributed by atoms with van der Waals surface area (Å²) in [6.45, 7) is 3.47. The lowest BCUT2D eigenvalue weighted by Gasteiger charge is -2.16. The Bertz CT molecular complexity index is 428. The van der Waals surface area contributed by atoms with Crippen LogP contribution in [0.1, 0.15) is 19.4 Å². The van der Waals surface area contributed by atoms with Crippen molar-refractivity contribution in [2.24, 2.45) is 5.92 Å². The van der Waals surface area contributed by atoms with E-state index in [1.54, 1.807) is 13.8 Å². The average molecular weight is 361 g/mol. The predicted molar refractivity (Wildman–Crippen MR) is 77.3 cm³/mol. The van der Waals surface area contributed by atoms with Crippen molar-refractivity contribution < 1.29 is 14.7 Å². The maximum absolute atomic E-state index is 11.5. The van der Waals surface area contributed by atoms with Crippen molar-refractivity contribution in [3.63, 3.8) is 0 Å². The van der Waals surface area contributed by atoms with Crippen LogP contribution in [0.3, 0.4) is 0 Å². The number of carboxylic acid groups (broad SMARTS) is 1. The maximum atomic E-state index is 11.5. The summed E-state index contributed by atoms with van der Waals surface area (Å²) in [6, 6.07) is 6.70. The van der Waals surface area contributed by atoms with Gasteiger partial charge < -0.3 is 10.4 Å². The van der Waals surface area contributed by atoms with E-state index < -0.39 is 12.0 Å². The fourth-order valence-electron chi connectivity index (χ4n) is 1.39. The number of carbonyl (C=O) groups excluding carboxylic acids is 1. The van der Waals surface area contributed by atoms with E-state index in [0.717, 1.165) is 9.13 Å². The Balaban J connectivity index is 2.72. The summed E-state index contributed by atoms with van der Waals surface area (Å²) in [6.07, 6.45) is 0.296. The van der Waals surface area contributed by atoms with E-state index in [4.69, 9.17) is 5.11 Å². The second kappa shape index (κ2) is 6.72. The first kappa shape index (κ1) is 14.9. The first-order valence-electron chi connectivity index (χ1n) is 5.67. The summed E-state index contributed by atoms with van der Waals surface area (Å²) in [5, 5.41) is 11.6. The lowest BCUT2D eigenvalue weighted by atomic mass is 10.1. The van der Waals surface area contributed by atoms with Gasteiger partial charge in [0.1, 0.15) is 6.04 Å². The Labute approximate surface area is 120 Å². The first-order valence-corrected chi connectivity index (χ1v) is 6.75. The van der Waals surface area contributed by atoms with Crippen molar-refractivity contribution in [1.29, 1.82) is 0 Å². The molecule has 1 amide bonds. The Hall–Kier alpha value is -1.11. The van der Waals surface area contributed by atoms with Gasteiger partial charge in [0.2, 0.25) is 5.91 Å². The molecular weight excluding hydrogens is 345 g/mol. The summed E-state index contributed by atoms with van der Waals surface area (Å²) >= 11 is 2.19. The topological polar surface area (TPSA) is 66.4 Å². The minimum absolute atomic E-state index is 0.219. The van der Waals surface area contributed by atoms with Gasteiger partial charge in [0.25, 0.3) is 0 Å². The highest BCUT2D eigenvalue weighted by Crippen LogP contribution is 2.09.